The van der Waals surface area contributed by atoms with Gasteiger partial charge in [0.1, 0.15) is 17.8 Å². The first-order chi connectivity index (χ1) is 10.8. The van der Waals surface area contributed by atoms with Crippen LogP contribution in [0, 0.1) is 0 Å². The number of rotatable bonds is 5. The molecule has 0 bridgehead atoms. The molecule has 0 amide bonds. The molecule has 0 aliphatic carbocycles. The Kier molecular flexibility index (Phi) is 3.73. The fourth-order valence-corrected chi connectivity index (χ4v) is 2.13. The van der Waals surface area contributed by atoms with E-state index in [0.29, 0.717) is 35.0 Å². The van der Waals surface area contributed by atoms with Gasteiger partial charge in [0.15, 0.2) is 17.0 Å². The van der Waals surface area contributed by atoms with Crippen molar-refractivity contribution in [3.8, 4) is 11.5 Å². The summed E-state index contributed by atoms with van der Waals surface area (Å²) in [5, 5.41) is 11.4. The van der Waals surface area contributed by atoms with Crippen LogP contribution in [-0.4, -0.2) is 39.2 Å². The van der Waals surface area contributed by atoms with Gasteiger partial charge in [0.25, 0.3) is 0 Å². The number of hydrogen-bond donors (Lipinski definition) is 1. The van der Waals surface area contributed by atoms with E-state index in [1.165, 1.54) is 6.33 Å². The Morgan fingerprint density at radius 2 is 2.05 bits per heavy atom. The third-order valence-corrected chi connectivity index (χ3v) is 3.26. The van der Waals surface area contributed by atoms with Gasteiger partial charge in [-0.2, -0.15) is 0 Å². The van der Waals surface area contributed by atoms with E-state index in [9.17, 15) is 0 Å². The molecular weight excluding hydrogens is 284 g/mol. The largest absolute Gasteiger partial charge is 0.497 e. The van der Waals surface area contributed by atoms with Crippen LogP contribution < -0.4 is 14.8 Å². The van der Waals surface area contributed by atoms with Crippen LogP contribution in [0.5, 0.6) is 11.5 Å². The molecule has 0 unspecified atom stereocenters. The molecular formula is C14H16N6O2. The molecule has 3 aromatic rings. The van der Waals surface area contributed by atoms with Crippen LogP contribution in [0.25, 0.3) is 11.2 Å². The average Bonchev–Trinajstić information content (AvgIpc) is 2.99. The second kappa shape index (κ2) is 5.84. The SMILES string of the molecule is CCn1nnc2c(Nc3ccc(OC)cc3OC)ncnc21. The number of hydrogen-bond acceptors (Lipinski definition) is 7. The molecule has 0 atom stereocenters. The zero-order valence-corrected chi connectivity index (χ0v) is 12.6. The highest BCUT2D eigenvalue weighted by Gasteiger charge is 2.13. The zero-order chi connectivity index (χ0) is 15.5. The third kappa shape index (κ3) is 2.39. The summed E-state index contributed by atoms with van der Waals surface area (Å²) in [6.07, 6.45) is 1.48. The highest BCUT2D eigenvalue weighted by molar-refractivity contribution is 5.85. The highest BCUT2D eigenvalue weighted by atomic mass is 16.5. The van der Waals surface area contributed by atoms with E-state index >= 15 is 0 Å². The Labute approximate surface area is 127 Å². The third-order valence-electron chi connectivity index (χ3n) is 3.26. The Morgan fingerprint density at radius 3 is 2.77 bits per heavy atom. The van der Waals surface area contributed by atoms with Crippen molar-refractivity contribution in [3.63, 3.8) is 0 Å². The molecule has 0 saturated carbocycles. The van der Waals surface area contributed by atoms with E-state index in [1.807, 2.05) is 19.1 Å². The van der Waals surface area contributed by atoms with Crippen LogP contribution in [0.4, 0.5) is 11.5 Å². The summed E-state index contributed by atoms with van der Waals surface area (Å²) in [6.45, 7) is 2.68. The molecule has 22 heavy (non-hydrogen) atoms. The predicted molar refractivity (Wildman–Crippen MR) is 81.6 cm³/mol. The highest BCUT2D eigenvalue weighted by Crippen LogP contribution is 2.32. The van der Waals surface area contributed by atoms with Crippen molar-refractivity contribution in [1.82, 2.24) is 25.0 Å². The lowest BCUT2D eigenvalue weighted by atomic mass is 10.2. The first-order valence-electron chi connectivity index (χ1n) is 6.80. The van der Waals surface area contributed by atoms with E-state index in [0.717, 1.165) is 5.69 Å². The van der Waals surface area contributed by atoms with Gasteiger partial charge >= 0.3 is 0 Å². The van der Waals surface area contributed by atoms with Gasteiger partial charge in [-0.3, -0.25) is 0 Å². The fourth-order valence-electron chi connectivity index (χ4n) is 2.13. The minimum absolute atomic E-state index is 0.577. The number of ether oxygens (including phenoxy) is 2. The minimum Gasteiger partial charge on any atom is -0.497 e. The van der Waals surface area contributed by atoms with Gasteiger partial charge in [-0.25, -0.2) is 14.6 Å². The lowest BCUT2D eigenvalue weighted by molar-refractivity contribution is 0.395. The monoisotopic (exact) mass is 300 g/mol. The minimum atomic E-state index is 0.577. The van der Waals surface area contributed by atoms with Gasteiger partial charge in [0, 0.05) is 12.6 Å². The average molecular weight is 300 g/mol. The molecule has 0 fully saturated rings. The second-order valence-electron chi connectivity index (χ2n) is 4.49. The van der Waals surface area contributed by atoms with Crippen LogP contribution in [0.15, 0.2) is 24.5 Å². The van der Waals surface area contributed by atoms with Gasteiger partial charge in [-0.15, -0.1) is 5.10 Å². The number of nitrogens with one attached hydrogen (secondary N) is 1. The van der Waals surface area contributed by atoms with Crippen LogP contribution in [-0.2, 0) is 6.54 Å². The van der Waals surface area contributed by atoms with Crippen LogP contribution >= 0.6 is 0 Å². The molecule has 8 heteroatoms. The molecule has 3 rings (SSSR count). The van der Waals surface area contributed by atoms with Crippen LogP contribution in [0.1, 0.15) is 6.92 Å². The van der Waals surface area contributed by atoms with Crippen molar-refractivity contribution in [2.75, 3.05) is 19.5 Å². The molecule has 2 aromatic heterocycles. The molecule has 0 aliphatic rings. The number of benzene rings is 1. The Hall–Kier alpha value is -2.90. The number of anilines is 2. The molecule has 114 valence electrons. The summed E-state index contributed by atoms with van der Waals surface area (Å²) >= 11 is 0. The summed E-state index contributed by atoms with van der Waals surface area (Å²) in [7, 11) is 3.21. The van der Waals surface area contributed by atoms with Crippen molar-refractivity contribution in [2.45, 2.75) is 13.5 Å². The topological polar surface area (TPSA) is 87.0 Å². The molecule has 0 aliphatic heterocycles. The van der Waals surface area contributed by atoms with Gasteiger partial charge in [-0.05, 0) is 19.1 Å². The quantitative estimate of drug-likeness (QED) is 0.771. The smallest absolute Gasteiger partial charge is 0.183 e. The van der Waals surface area contributed by atoms with Crippen molar-refractivity contribution < 1.29 is 9.47 Å². The van der Waals surface area contributed by atoms with E-state index in [2.05, 4.69) is 25.6 Å². The second-order valence-corrected chi connectivity index (χ2v) is 4.49. The Bertz CT molecular complexity index is 801. The van der Waals surface area contributed by atoms with Crippen molar-refractivity contribution in [1.29, 1.82) is 0 Å². The predicted octanol–water partition coefficient (Wildman–Crippen LogP) is 2.00. The summed E-state index contributed by atoms with van der Waals surface area (Å²) < 4.78 is 12.3. The summed E-state index contributed by atoms with van der Waals surface area (Å²) in [5.41, 5.74) is 2.06. The lowest BCUT2D eigenvalue weighted by Crippen LogP contribution is -2.00. The number of methoxy groups -OCH3 is 2. The number of aromatic nitrogens is 5. The summed E-state index contributed by atoms with van der Waals surface area (Å²) in [4.78, 5) is 8.46. The normalized spacial score (nSPS) is 10.7. The maximum Gasteiger partial charge on any atom is 0.183 e. The standard InChI is InChI=1S/C14H16N6O2/c1-4-20-14-12(18-19-20)13(15-8-16-14)17-10-6-5-9(21-2)7-11(10)22-3/h5-8H,4H2,1-3H3,(H,15,16,17). The summed E-state index contributed by atoms with van der Waals surface area (Å²) in [6, 6.07) is 5.49. The van der Waals surface area contributed by atoms with Crippen molar-refractivity contribution >= 4 is 22.7 Å². The maximum atomic E-state index is 5.37. The van der Waals surface area contributed by atoms with Gasteiger partial charge < -0.3 is 14.8 Å². The molecule has 1 aromatic carbocycles. The number of aryl methyl sites for hydroxylation is 1. The first-order valence-corrected chi connectivity index (χ1v) is 6.80. The first kappa shape index (κ1) is 14.1. The molecule has 0 spiro atoms. The number of nitrogens with zero attached hydrogens (tertiary/aromatic N) is 5. The van der Waals surface area contributed by atoms with Gasteiger partial charge in [0.2, 0.25) is 0 Å². The van der Waals surface area contributed by atoms with E-state index in [1.54, 1.807) is 25.0 Å². The van der Waals surface area contributed by atoms with Crippen LogP contribution in [0.3, 0.4) is 0 Å². The van der Waals surface area contributed by atoms with Crippen molar-refractivity contribution in [2.24, 2.45) is 0 Å². The van der Waals surface area contributed by atoms with E-state index in [4.69, 9.17) is 9.47 Å². The Morgan fingerprint density at radius 1 is 1.18 bits per heavy atom. The van der Waals surface area contributed by atoms with E-state index < -0.39 is 0 Å². The molecule has 8 nitrogen and oxygen atoms in total. The molecule has 0 saturated heterocycles. The maximum absolute atomic E-state index is 5.37. The molecule has 0 radical (unpaired) electrons. The number of fused-ring (bicyclic) bond motifs is 1. The molecule has 1 N–H and O–H groups in total. The van der Waals surface area contributed by atoms with Crippen molar-refractivity contribution in [3.05, 3.63) is 24.5 Å². The summed E-state index contributed by atoms with van der Waals surface area (Å²) in [5.74, 6) is 1.94. The fraction of sp³-hybridized carbons (Fsp3) is 0.286. The van der Waals surface area contributed by atoms with Gasteiger partial charge in [-0.1, -0.05) is 5.21 Å². The van der Waals surface area contributed by atoms with Gasteiger partial charge in [0.05, 0.1) is 19.9 Å². The van der Waals surface area contributed by atoms with E-state index in [-0.39, 0.29) is 0 Å². The zero-order valence-electron chi connectivity index (χ0n) is 12.6. The Balaban J connectivity index is 2.01. The van der Waals surface area contributed by atoms with Crippen LogP contribution in [0.2, 0.25) is 0 Å². The lowest BCUT2D eigenvalue weighted by Gasteiger charge is -2.11. The molecule has 2 heterocycles.